The second-order valence-corrected chi connectivity index (χ2v) is 3.56. The predicted molar refractivity (Wildman–Crippen MR) is 67.3 cm³/mol. The number of nitrogens with one attached hydrogen (secondary N) is 2. The highest BCUT2D eigenvalue weighted by Crippen LogP contribution is 2.10. The van der Waals surface area contributed by atoms with Gasteiger partial charge in [0, 0.05) is 11.6 Å². The Labute approximate surface area is 108 Å². The van der Waals surface area contributed by atoms with Crippen LogP contribution in [-0.4, -0.2) is 22.4 Å². The molecule has 0 fully saturated rings. The highest BCUT2D eigenvalue weighted by atomic mass is 16.5. The minimum absolute atomic E-state index is 0.0830. The zero-order chi connectivity index (χ0) is 13.7. The fourth-order valence-corrected chi connectivity index (χ4v) is 1.31. The summed E-state index contributed by atoms with van der Waals surface area (Å²) in [5.74, 6) is 0.205. The minimum atomic E-state index is -0.414. The highest BCUT2D eigenvalue weighted by molar-refractivity contribution is 5.94. The standard InChI is InChI=1S/C12H11N3O4/c16-9-3-1-8(2-4-9)12(17)14-13-7-10-5-6-11(15-18)19-10/h1-7,15-16,18H,(H,14,17)/b13-7+. The topological polar surface area (TPSA) is 107 Å². The van der Waals surface area contributed by atoms with E-state index in [2.05, 4.69) is 10.5 Å². The molecule has 0 unspecified atom stereocenters. The first-order chi connectivity index (χ1) is 9.19. The number of carbonyl (C=O) groups excluding carboxylic acids is 1. The molecule has 0 aliphatic heterocycles. The number of hydrogen-bond donors (Lipinski definition) is 4. The Kier molecular flexibility index (Phi) is 3.79. The molecule has 1 amide bonds. The molecule has 0 bridgehead atoms. The van der Waals surface area contributed by atoms with Gasteiger partial charge in [0.05, 0.1) is 6.21 Å². The highest BCUT2D eigenvalue weighted by Gasteiger charge is 2.03. The number of furan rings is 1. The van der Waals surface area contributed by atoms with Gasteiger partial charge in [0.25, 0.3) is 5.91 Å². The number of carbonyl (C=O) groups is 1. The van der Waals surface area contributed by atoms with Crippen LogP contribution in [0.2, 0.25) is 0 Å². The lowest BCUT2D eigenvalue weighted by Gasteiger charge is -1.99. The first-order valence-electron chi connectivity index (χ1n) is 5.31. The van der Waals surface area contributed by atoms with E-state index in [1.807, 2.05) is 5.48 Å². The van der Waals surface area contributed by atoms with Crippen molar-refractivity contribution >= 4 is 18.0 Å². The number of benzene rings is 1. The Morgan fingerprint density at radius 3 is 2.58 bits per heavy atom. The smallest absolute Gasteiger partial charge is 0.271 e. The van der Waals surface area contributed by atoms with Crippen LogP contribution in [0.25, 0.3) is 0 Å². The first-order valence-corrected chi connectivity index (χ1v) is 5.31. The van der Waals surface area contributed by atoms with Gasteiger partial charge in [-0.1, -0.05) is 0 Å². The van der Waals surface area contributed by atoms with Crippen LogP contribution >= 0.6 is 0 Å². The van der Waals surface area contributed by atoms with Crippen LogP contribution in [0.5, 0.6) is 5.75 Å². The number of anilines is 1. The van der Waals surface area contributed by atoms with Crippen LogP contribution in [0.15, 0.2) is 45.9 Å². The molecule has 7 nitrogen and oxygen atoms in total. The van der Waals surface area contributed by atoms with Crippen LogP contribution in [0, 0.1) is 0 Å². The normalized spacial score (nSPS) is 10.6. The average Bonchev–Trinajstić information content (AvgIpc) is 2.87. The van der Waals surface area contributed by atoms with E-state index in [9.17, 15) is 4.79 Å². The van der Waals surface area contributed by atoms with Gasteiger partial charge in [-0.3, -0.25) is 10.0 Å². The number of phenols is 1. The molecule has 0 spiro atoms. The number of phenolic OH excluding ortho intramolecular Hbond substituents is 1. The summed E-state index contributed by atoms with van der Waals surface area (Å²) in [6.07, 6.45) is 1.29. The van der Waals surface area contributed by atoms with Gasteiger partial charge < -0.3 is 9.52 Å². The largest absolute Gasteiger partial charge is 0.508 e. The second kappa shape index (κ2) is 5.69. The van der Waals surface area contributed by atoms with Crippen LogP contribution in [0.1, 0.15) is 16.1 Å². The number of hydrazone groups is 1. The van der Waals surface area contributed by atoms with Crippen molar-refractivity contribution in [3.05, 3.63) is 47.7 Å². The summed E-state index contributed by atoms with van der Waals surface area (Å²) in [7, 11) is 0. The molecule has 1 aromatic carbocycles. The minimum Gasteiger partial charge on any atom is -0.508 e. The molecule has 2 aromatic rings. The summed E-state index contributed by atoms with van der Waals surface area (Å²) in [5.41, 5.74) is 4.51. The molecule has 7 heteroatoms. The zero-order valence-corrected chi connectivity index (χ0v) is 9.70. The fourth-order valence-electron chi connectivity index (χ4n) is 1.31. The lowest BCUT2D eigenvalue weighted by molar-refractivity contribution is 0.0955. The summed E-state index contributed by atoms with van der Waals surface area (Å²) >= 11 is 0. The van der Waals surface area contributed by atoms with Gasteiger partial charge in [-0.15, -0.1) is 0 Å². The van der Waals surface area contributed by atoms with Gasteiger partial charge in [0.2, 0.25) is 5.88 Å². The summed E-state index contributed by atoms with van der Waals surface area (Å²) in [6, 6.07) is 8.83. The van der Waals surface area contributed by atoms with Crippen molar-refractivity contribution < 1.29 is 19.5 Å². The molecule has 1 heterocycles. The maximum absolute atomic E-state index is 11.6. The SMILES string of the molecule is O=C(N/N=C/c1ccc(NO)o1)c1ccc(O)cc1. The van der Waals surface area contributed by atoms with E-state index in [-0.39, 0.29) is 11.6 Å². The molecular weight excluding hydrogens is 250 g/mol. The van der Waals surface area contributed by atoms with Crippen LogP contribution < -0.4 is 10.9 Å². The molecule has 1 aromatic heterocycles. The van der Waals surface area contributed by atoms with Crippen molar-refractivity contribution in [1.29, 1.82) is 0 Å². The van der Waals surface area contributed by atoms with Crippen LogP contribution in [-0.2, 0) is 0 Å². The zero-order valence-electron chi connectivity index (χ0n) is 9.70. The number of hydrogen-bond acceptors (Lipinski definition) is 6. The van der Waals surface area contributed by atoms with Gasteiger partial charge in [-0.25, -0.2) is 10.9 Å². The van der Waals surface area contributed by atoms with Crippen molar-refractivity contribution in [2.24, 2.45) is 5.10 Å². The Hall–Kier alpha value is -2.80. The number of amides is 1. The third-order valence-electron chi connectivity index (χ3n) is 2.22. The fraction of sp³-hybridized carbons (Fsp3) is 0. The molecule has 4 N–H and O–H groups in total. The van der Waals surface area contributed by atoms with Crippen molar-refractivity contribution in [3.63, 3.8) is 0 Å². The van der Waals surface area contributed by atoms with E-state index in [1.54, 1.807) is 6.07 Å². The van der Waals surface area contributed by atoms with E-state index in [4.69, 9.17) is 14.7 Å². The Bertz CT molecular complexity index is 589. The van der Waals surface area contributed by atoms with Crippen LogP contribution in [0.3, 0.4) is 0 Å². The molecule has 0 aliphatic carbocycles. The molecule has 98 valence electrons. The lowest BCUT2D eigenvalue weighted by atomic mass is 10.2. The summed E-state index contributed by atoms with van der Waals surface area (Å²) < 4.78 is 5.04. The molecule has 0 atom stereocenters. The molecule has 19 heavy (non-hydrogen) atoms. The van der Waals surface area contributed by atoms with Gasteiger partial charge in [0.15, 0.2) is 0 Å². The maximum Gasteiger partial charge on any atom is 0.271 e. The summed E-state index contributed by atoms with van der Waals surface area (Å²) in [4.78, 5) is 11.6. The lowest BCUT2D eigenvalue weighted by Crippen LogP contribution is -2.17. The first kappa shape index (κ1) is 12.7. The Morgan fingerprint density at radius 1 is 1.21 bits per heavy atom. The van der Waals surface area contributed by atoms with Crippen molar-refractivity contribution in [2.45, 2.75) is 0 Å². The number of rotatable bonds is 4. The van der Waals surface area contributed by atoms with Crippen molar-refractivity contribution in [1.82, 2.24) is 5.43 Å². The van der Waals surface area contributed by atoms with Gasteiger partial charge in [-0.05, 0) is 30.3 Å². The third kappa shape index (κ3) is 3.33. The third-order valence-corrected chi connectivity index (χ3v) is 2.22. The molecule has 0 saturated carbocycles. The molecule has 0 aliphatic rings. The molecular formula is C12H11N3O4. The van der Waals surface area contributed by atoms with Gasteiger partial charge in [-0.2, -0.15) is 5.10 Å². The van der Waals surface area contributed by atoms with E-state index < -0.39 is 5.91 Å². The number of aromatic hydroxyl groups is 1. The molecule has 0 saturated heterocycles. The molecule has 2 rings (SSSR count). The van der Waals surface area contributed by atoms with E-state index in [0.29, 0.717) is 11.3 Å². The van der Waals surface area contributed by atoms with Gasteiger partial charge in [0.1, 0.15) is 11.5 Å². The number of nitrogens with zero attached hydrogens (tertiary/aromatic N) is 1. The van der Waals surface area contributed by atoms with E-state index in [1.165, 1.54) is 36.5 Å². The van der Waals surface area contributed by atoms with E-state index in [0.717, 1.165) is 0 Å². The quantitative estimate of drug-likeness (QED) is 0.493. The summed E-state index contributed by atoms with van der Waals surface area (Å²) in [5, 5.41) is 21.3. The predicted octanol–water partition coefficient (Wildman–Crippen LogP) is 1.55. The van der Waals surface area contributed by atoms with Crippen molar-refractivity contribution in [2.75, 3.05) is 5.48 Å². The second-order valence-electron chi connectivity index (χ2n) is 3.56. The van der Waals surface area contributed by atoms with Gasteiger partial charge >= 0.3 is 0 Å². The molecule has 0 radical (unpaired) electrons. The average molecular weight is 261 g/mol. The van der Waals surface area contributed by atoms with Crippen LogP contribution in [0.4, 0.5) is 5.88 Å². The monoisotopic (exact) mass is 261 g/mol. The maximum atomic E-state index is 11.6. The van der Waals surface area contributed by atoms with Crippen molar-refractivity contribution in [3.8, 4) is 5.75 Å². The van der Waals surface area contributed by atoms with E-state index >= 15 is 0 Å². The Balaban J connectivity index is 1.94. The summed E-state index contributed by atoms with van der Waals surface area (Å²) in [6.45, 7) is 0. The Morgan fingerprint density at radius 2 is 1.95 bits per heavy atom.